The Bertz CT molecular complexity index is 659. The number of amides is 1. The zero-order valence-corrected chi connectivity index (χ0v) is 16.1. The zero-order chi connectivity index (χ0) is 20.2. The summed E-state index contributed by atoms with van der Waals surface area (Å²) in [4.78, 5) is 11.8. The molecule has 1 aromatic rings. The van der Waals surface area contributed by atoms with E-state index in [0.717, 1.165) is 0 Å². The molecular formula is C17H23F2N3O4S. The van der Waals surface area contributed by atoms with Crippen LogP contribution in [0.15, 0.2) is 24.3 Å². The van der Waals surface area contributed by atoms with E-state index in [9.17, 15) is 13.6 Å². The normalized spacial score (nSPS) is 11.9. The Hall–Kier alpha value is -2.46. The highest BCUT2D eigenvalue weighted by Gasteiger charge is 2.11. The predicted molar refractivity (Wildman–Crippen MR) is 102 cm³/mol. The monoisotopic (exact) mass is 403 g/mol. The van der Waals surface area contributed by atoms with Crippen molar-refractivity contribution in [3.8, 4) is 11.5 Å². The second kappa shape index (κ2) is 12.0. The van der Waals surface area contributed by atoms with Crippen LogP contribution in [0.3, 0.4) is 0 Å². The average Bonchev–Trinajstić information content (AvgIpc) is 2.60. The summed E-state index contributed by atoms with van der Waals surface area (Å²) in [6, 6.07) is 4.35. The van der Waals surface area contributed by atoms with Gasteiger partial charge in [0.2, 0.25) is 0 Å². The second-order valence-corrected chi connectivity index (χ2v) is 5.70. The first-order valence-corrected chi connectivity index (χ1v) is 8.51. The molecule has 0 aliphatic heterocycles. The molecule has 0 bridgehead atoms. The molecule has 150 valence electrons. The number of carbonyl (C=O) groups excluding carboxylic acids is 1. The van der Waals surface area contributed by atoms with E-state index in [2.05, 4.69) is 20.9 Å². The maximum absolute atomic E-state index is 12.4. The standard InChI is InChI=1S/C17H23F2N3O4S/c1-4-25-14-9-12(5-7-13(14)26-16(18)19)6-8-15(23)21-22-17(27)20-11(2)10-24-3/h5-9,11,16H,4,10H2,1-3H3,(H,21,23)(H2,20,22,27)/b8-6+/t11-/m0/s1. The van der Waals surface area contributed by atoms with Crippen molar-refractivity contribution >= 4 is 29.3 Å². The smallest absolute Gasteiger partial charge is 0.387 e. The minimum atomic E-state index is -2.95. The Labute approximate surface area is 162 Å². The van der Waals surface area contributed by atoms with E-state index < -0.39 is 12.5 Å². The molecule has 1 aromatic carbocycles. The number of nitrogens with one attached hydrogen (secondary N) is 3. The van der Waals surface area contributed by atoms with Gasteiger partial charge in [0, 0.05) is 19.2 Å². The number of alkyl halides is 2. The van der Waals surface area contributed by atoms with Gasteiger partial charge < -0.3 is 19.5 Å². The van der Waals surface area contributed by atoms with Crippen molar-refractivity contribution in [2.45, 2.75) is 26.5 Å². The van der Waals surface area contributed by atoms with Crippen LogP contribution in [0.1, 0.15) is 19.4 Å². The fraction of sp³-hybridized carbons (Fsp3) is 0.412. The Kier molecular flexibility index (Phi) is 10.1. The molecule has 1 atom stereocenters. The number of hydrogen-bond donors (Lipinski definition) is 3. The molecular weight excluding hydrogens is 380 g/mol. The van der Waals surface area contributed by atoms with E-state index in [-0.39, 0.29) is 29.3 Å². The summed E-state index contributed by atoms with van der Waals surface area (Å²) >= 11 is 5.03. The maximum atomic E-state index is 12.4. The summed E-state index contributed by atoms with van der Waals surface area (Å²) in [6.07, 6.45) is 2.75. The fourth-order valence-electron chi connectivity index (χ4n) is 1.97. The van der Waals surface area contributed by atoms with Crippen LogP contribution in [0.5, 0.6) is 11.5 Å². The van der Waals surface area contributed by atoms with Crippen molar-refractivity contribution in [3.05, 3.63) is 29.8 Å². The Morgan fingerprint density at radius 3 is 2.67 bits per heavy atom. The lowest BCUT2D eigenvalue weighted by Crippen LogP contribution is -2.49. The Morgan fingerprint density at radius 2 is 2.04 bits per heavy atom. The molecule has 0 aliphatic rings. The van der Waals surface area contributed by atoms with Gasteiger partial charge in [-0.25, -0.2) is 0 Å². The van der Waals surface area contributed by atoms with E-state index in [1.165, 1.54) is 30.4 Å². The highest BCUT2D eigenvalue weighted by molar-refractivity contribution is 7.80. The fourth-order valence-corrected chi connectivity index (χ4v) is 2.23. The van der Waals surface area contributed by atoms with Crippen LogP contribution in [0.4, 0.5) is 8.78 Å². The molecule has 0 spiro atoms. The topological polar surface area (TPSA) is 80.9 Å². The molecule has 0 aliphatic carbocycles. The summed E-state index contributed by atoms with van der Waals surface area (Å²) in [5.41, 5.74) is 5.53. The first-order valence-electron chi connectivity index (χ1n) is 8.10. The van der Waals surface area contributed by atoms with E-state index in [4.69, 9.17) is 21.7 Å². The Balaban J connectivity index is 2.61. The van der Waals surface area contributed by atoms with Crippen LogP contribution >= 0.6 is 12.2 Å². The summed E-state index contributed by atoms with van der Waals surface area (Å²) in [5, 5.41) is 3.16. The van der Waals surface area contributed by atoms with Crippen molar-refractivity contribution < 1.29 is 27.8 Å². The minimum absolute atomic E-state index is 0.0200. The van der Waals surface area contributed by atoms with Crippen LogP contribution in [-0.2, 0) is 9.53 Å². The van der Waals surface area contributed by atoms with E-state index in [0.29, 0.717) is 12.2 Å². The van der Waals surface area contributed by atoms with Crippen LogP contribution in [0.2, 0.25) is 0 Å². The molecule has 10 heteroatoms. The molecule has 0 unspecified atom stereocenters. The largest absolute Gasteiger partial charge is 0.490 e. The van der Waals surface area contributed by atoms with Gasteiger partial charge in [-0.05, 0) is 49.8 Å². The first kappa shape index (κ1) is 22.6. The number of hydrogen-bond acceptors (Lipinski definition) is 5. The van der Waals surface area contributed by atoms with Crippen LogP contribution in [0, 0.1) is 0 Å². The van der Waals surface area contributed by atoms with Gasteiger partial charge in [-0.2, -0.15) is 8.78 Å². The zero-order valence-electron chi connectivity index (χ0n) is 15.3. The Morgan fingerprint density at radius 1 is 1.30 bits per heavy atom. The molecule has 1 amide bonds. The van der Waals surface area contributed by atoms with Crippen molar-refractivity contribution in [2.24, 2.45) is 0 Å². The van der Waals surface area contributed by atoms with Gasteiger partial charge in [-0.3, -0.25) is 15.6 Å². The van der Waals surface area contributed by atoms with Gasteiger partial charge in [0.15, 0.2) is 16.6 Å². The molecule has 3 N–H and O–H groups in total. The van der Waals surface area contributed by atoms with Gasteiger partial charge in [0.05, 0.1) is 13.2 Å². The third kappa shape index (κ3) is 9.15. The summed E-state index contributed by atoms with van der Waals surface area (Å²) in [5.74, 6) is -0.364. The van der Waals surface area contributed by atoms with Gasteiger partial charge in [-0.15, -0.1) is 0 Å². The molecule has 1 rings (SSSR count). The van der Waals surface area contributed by atoms with Crippen molar-refractivity contribution in [3.63, 3.8) is 0 Å². The third-order valence-corrected chi connectivity index (χ3v) is 3.22. The number of methoxy groups -OCH3 is 1. The molecule has 0 aromatic heterocycles. The quantitative estimate of drug-likeness (QED) is 0.331. The lowest BCUT2D eigenvalue weighted by atomic mass is 10.2. The lowest BCUT2D eigenvalue weighted by molar-refractivity contribution is -0.117. The predicted octanol–water partition coefficient (Wildman–Crippen LogP) is 2.23. The van der Waals surface area contributed by atoms with Gasteiger partial charge in [-0.1, -0.05) is 6.07 Å². The maximum Gasteiger partial charge on any atom is 0.387 e. The van der Waals surface area contributed by atoms with Crippen LogP contribution in [-0.4, -0.2) is 44.0 Å². The summed E-state index contributed by atoms with van der Waals surface area (Å²) in [6.45, 7) is 1.38. The number of carbonyl (C=O) groups is 1. The van der Waals surface area contributed by atoms with Crippen LogP contribution in [0.25, 0.3) is 6.08 Å². The number of benzene rings is 1. The minimum Gasteiger partial charge on any atom is -0.490 e. The van der Waals surface area contributed by atoms with E-state index in [1.54, 1.807) is 14.0 Å². The van der Waals surface area contributed by atoms with Gasteiger partial charge in [0.1, 0.15) is 0 Å². The SMILES string of the molecule is CCOc1cc(/C=C/C(=O)NNC(=S)N[C@@H](C)COC)ccc1OC(F)F. The number of thiocarbonyl (C=S) groups is 1. The first-order chi connectivity index (χ1) is 12.8. The second-order valence-electron chi connectivity index (χ2n) is 5.30. The highest BCUT2D eigenvalue weighted by Crippen LogP contribution is 2.30. The molecule has 7 nitrogen and oxygen atoms in total. The molecule has 0 saturated heterocycles. The number of halogens is 2. The van der Waals surface area contributed by atoms with Crippen molar-refractivity contribution in [2.75, 3.05) is 20.3 Å². The molecule has 0 radical (unpaired) electrons. The van der Waals surface area contributed by atoms with Crippen molar-refractivity contribution in [1.82, 2.24) is 16.2 Å². The number of rotatable bonds is 9. The molecule has 0 fully saturated rings. The van der Waals surface area contributed by atoms with E-state index >= 15 is 0 Å². The third-order valence-electron chi connectivity index (χ3n) is 3.00. The van der Waals surface area contributed by atoms with E-state index in [1.807, 2.05) is 6.92 Å². The molecule has 0 saturated carbocycles. The van der Waals surface area contributed by atoms with Crippen molar-refractivity contribution in [1.29, 1.82) is 0 Å². The van der Waals surface area contributed by atoms with Gasteiger partial charge >= 0.3 is 6.61 Å². The lowest BCUT2D eigenvalue weighted by Gasteiger charge is -2.15. The van der Waals surface area contributed by atoms with Gasteiger partial charge in [0.25, 0.3) is 5.91 Å². The highest BCUT2D eigenvalue weighted by atomic mass is 32.1. The molecule has 0 heterocycles. The summed E-state index contributed by atoms with van der Waals surface area (Å²) < 4.78 is 39.4. The number of ether oxygens (including phenoxy) is 3. The molecule has 27 heavy (non-hydrogen) atoms. The number of hydrazine groups is 1. The summed E-state index contributed by atoms with van der Waals surface area (Å²) in [7, 11) is 1.57. The average molecular weight is 403 g/mol. The van der Waals surface area contributed by atoms with Crippen LogP contribution < -0.4 is 25.6 Å².